The van der Waals surface area contributed by atoms with Crippen LogP contribution in [0.1, 0.15) is 24.3 Å². The van der Waals surface area contributed by atoms with E-state index in [2.05, 4.69) is 10.2 Å². The number of hydrogen-bond acceptors (Lipinski definition) is 1. The van der Waals surface area contributed by atoms with Gasteiger partial charge < -0.3 is 5.32 Å². The van der Waals surface area contributed by atoms with E-state index < -0.39 is 0 Å². The van der Waals surface area contributed by atoms with E-state index in [1.54, 1.807) is 12.1 Å². The molecule has 1 heterocycles. The molecule has 1 saturated carbocycles. The fourth-order valence-electron chi connectivity index (χ4n) is 2.89. The average molecular weight is 216 g/mol. The Morgan fingerprint density at radius 1 is 1.38 bits per heavy atom. The van der Waals surface area contributed by atoms with Crippen LogP contribution in [-0.2, 0) is 0 Å². The Hall–Kier alpha value is -1.40. The summed E-state index contributed by atoms with van der Waals surface area (Å²) in [5.41, 5.74) is 1.65. The van der Waals surface area contributed by atoms with Crippen molar-refractivity contribution in [2.45, 2.75) is 18.8 Å². The maximum atomic E-state index is 13.7. The molecule has 0 atom stereocenters. The zero-order valence-electron chi connectivity index (χ0n) is 8.96. The van der Waals surface area contributed by atoms with Gasteiger partial charge in [0.25, 0.3) is 0 Å². The molecular formula is C13H13FN2. The highest BCUT2D eigenvalue weighted by atomic mass is 19.1. The van der Waals surface area contributed by atoms with Crippen LogP contribution >= 0.6 is 0 Å². The van der Waals surface area contributed by atoms with Gasteiger partial charge in [-0.3, -0.25) is 0 Å². The Morgan fingerprint density at radius 2 is 2.12 bits per heavy atom. The van der Waals surface area contributed by atoms with Crippen LogP contribution in [0.5, 0.6) is 0 Å². The van der Waals surface area contributed by atoms with Crippen molar-refractivity contribution in [3.8, 4) is 0 Å². The topological polar surface area (TPSA) is 16.4 Å². The van der Waals surface area contributed by atoms with E-state index in [4.69, 9.17) is 6.57 Å². The zero-order chi connectivity index (χ0) is 11.2. The van der Waals surface area contributed by atoms with E-state index in [0.29, 0.717) is 17.0 Å². The third-order valence-corrected chi connectivity index (χ3v) is 3.91. The Bertz CT molecular complexity index is 463. The first kappa shape index (κ1) is 9.80. The lowest BCUT2D eigenvalue weighted by atomic mass is 9.57. The third-order valence-electron chi connectivity index (χ3n) is 3.91. The molecule has 0 unspecified atom stereocenters. The van der Waals surface area contributed by atoms with Gasteiger partial charge in [0, 0.05) is 13.1 Å². The molecule has 1 aliphatic carbocycles. The molecular weight excluding hydrogens is 203 g/mol. The number of hydrogen-bond donors (Lipinski definition) is 1. The van der Waals surface area contributed by atoms with Gasteiger partial charge in [0.2, 0.25) is 0 Å². The molecule has 0 bridgehead atoms. The van der Waals surface area contributed by atoms with Crippen LogP contribution in [0.4, 0.5) is 10.1 Å². The molecule has 3 heteroatoms. The quantitative estimate of drug-likeness (QED) is 0.714. The highest BCUT2D eigenvalue weighted by Gasteiger charge is 2.49. The van der Waals surface area contributed by atoms with Crippen molar-refractivity contribution in [1.82, 2.24) is 5.32 Å². The van der Waals surface area contributed by atoms with Gasteiger partial charge in [-0.25, -0.2) is 9.24 Å². The number of halogens is 1. The summed E-state index contributed by atoms with van der Waals surface area (Å²) in [6, 6.07) is 4.86. The lowest BCUT2D eigenvalue weighted by molar-refractivity contribution is 0.0350. The Kier molecular flexibility index (Phi) is 2.02. The van der Waals surface area contributed by atoms with Crippen LogP contribution in [0.25, 0.3) is 4.85 Å². The standard InChI is InChI=1S/C13H13FN2/c1-15-10-2-3-11(12(14)4-10)9-5-13(6-9)7-16-8-13/h2-4,9,16H,5-8H2. The predicted molar refractivity (Wildman–Crippen MR) is 59.9 cm³/mol. The van der Waals surface area contributed by atoms with Crippen LogP contribution in [0, 0.1) is 17.8 Å². The minimum Gasteiger partial charge on any atom is -0.316 e. The lowest BCUT2D eigenvalue weighted by Crippen LogP contribution is -2.59. The van der Waals surface area contributed by atoms with Gasteiger partial charge in [0.15, 0.2) is 5.69 Å². The number of rotatable bonds is 1. The van der Waals surface area contributed by atoms with E-state index in [1.807, 2.05) is 0 Å². The molecule has 3 rings (SSSR count). The van der Waals surface area contributed by atoms with Crippen LogP contribution in [0.3, 0.4) is 0 Å². The Labute approximate surface area is 94.3 Å². The average Bonchev–Trinajstić information content (AvgIpc) is 2.15. The van der Waals surface area contributed by atoms with Gasteiger partial charge in [-0.1, -0.05) is 12.1 Å². The molecule has 1 aromatic rings. The second-order valence-corrected chi connectivity index (χ2v) is 5.03. The van der Waals surface area contributed by atoms with Crippen LogP contribution in [0.15, 0.2) is 18.2 Å². The first-order valence-electron chi connectivity index (χ1n) is 5.60. The van der Waals surface area contributed by atoms with Crippen molar-refractivity contribution >= 4 is 5.69 Å². The van der Waals surface area contributed by atoms with Crippen molar-refractivity contribution < 1.29 is 4.39 Å². The van der Waals surface area contributed by atoms with Crippen LogP contribution in [0.2, 0.25) is 0 Å². The Morgan fingerprint density at radius 3 is 2.62 bits per heavy atom. The smallest absolute Gasteiger partial charge is 0.190 e. The van der Waals surface area contributed by atoms with Crippen LogP contribution < -0.4 is 5.32 Å². The summed E-state index contributed by atoms with van der Waals surface area (Å²) in [7, 11) is 0. The molecule has 1 aromatic carbocycles. The van der Waals surface area contributed by atoms with Gasteiger partial charge in [-0.2, -0.15) is 0 Å². The predicted octanol–water partition coefficient (Wildman–Crippen LogP) is 2.84. The highest BCUT2D eigenvalue weighted by molar-refractivity contribution is 5.47. The first-order chi connectivity index (χ1) is 7.72. The van der Waals surface area contributed by atoms with Crippen molar-refractivity contribution in [1.29, 1.82) is 0 Å². The second kappa shape index (κ2) is 3.29. The summed E-state index contributed by atoms with van der Waals surface area (Å²) in [5, 5.41) is 3.28. The van der Waals surface area contributed by atoms with Gasteiger partial charge >= 0.3 is 0 Å². The molecule has 2 fully saturated rings. The first-order valence-corrected chi connectivity index (χ1v) is 5.60. The molecule has 1 spiro atoms. The zero-order valence-corrected chi connectivity index (χ0v) is 8.96. The SMILES string of the molecule is [C-]#[N+]c1ccc(C2CC3(CNC3)C2)c(F)c1. The minimum absolute atomic E-state index is 0.208. The van der Waals surface area contributed by atoms with Crippen molar-refractivity contribution in [3.63, 3.8) is 0 Å². The fraction of sp³-hybridized carbons (Fsp3) is 0.462. The molecule has 0 radical (unpaired) electrons. The molecule has 0 aromatic heterocycles. The molecule has 82 valence electrons. The summed E-state index contributed by atoms with van der Waals surface area (Å²) in [6.07, 6.45) is 2.18. The van der Waals surface area contributed by atoms with Gasteiger partial charge in [-0.05, 0) is 35.8 Å². The fourth-order valence-corrected chi connectivity index (χ4v) is 2.89. The maximum absolute atomic E-state index is 13.7. The minimum atomic E-state index is -0.208. The summed E-state index contributed by atoms with van der Waals surface area (Å²) in [5.74, 6) is 0.155. The molecule has 2 nitrogen and oxygen atoms in total. The lowest BCUT2D eigenvalue weighted by Gasteiger charge is -2.54. The van der Waals surface area contributed by atoms with Gasteiger partial charge in [-0.15, -0.1) is 0 Å². The molecule has 1 N–H and O–H groups in total. The third kappa shape index (κ3) is 1.34. The van der Waals surface area contributed by atoms with E-state index in [9.17, 15) is 4.39 Å². The molecule has 2 aliphatic rings. The number of nitrogens with one attached hydrogen (secondary N) is 1. The van der Waals surface area contributed by atoms with Gasteiger partial charge in [0.05, 0.1) is 6.57 Å². The molecule has 0 amide bonds. The highest BCUT2D eigenvalue weighted by Crippen LogP contribution is 2.53. The summed E-state index contributed by atoms with van der Waals surface area (Å²) < 4.78 is 13.7. The maximum Gasteiger partial charge on any atom is 0.190 e. The largest absolute Gasteiger partial charge is 0.316 e. The number of benzene rings is 1. The summed E-state index contributed by atoms with van der Waals surface area (Å²) >= 11 is 0. The summed E-state index contributed by atoms with van der Waals surface area (Å²) in [6.45, 7) is 9.01. The van der Waals surface area contributed by atoms with E-state index in [1.165, 1.54) is 6.07 Å². The summed E-state index contributed by atoms with van der Waals surface area (Å²) in [4.78, 5) is 3.23. The Balaban J connectivity index is 1.78. The van der Waals surface area contributed by atoms with Crippen molar-refractivity contribution in [3.05, 3.63) is 41.0 Å². The number of nitrogens with zero attached hydrogens (tertiary/aromatic N) is 1. The van der Waals surface area contributed by atoms with Crippen LogP contribution in [-0.4, -0.2) is 13.1 Å². The van der Waals surface area contributed by atoms with Gasteiger partial charge in [0.1, 0.15) is 5.82 Å². The van der Waals surface area contributed by atoms with E-state index >= 15 is 0 Å². The normalized spacial score (nSPS) is 22.2. The molecule has 1 aliphatic heterocycles. The monoisotopic (exact) mass is 216 g/mol. The van der Waals surface area contributed by atoms with Crippen molar-refractivity contribution in [2.24, 2.45) is 5.41 Å². The molecule has 1 saturated heterocycles. The van der Waals surface area contributed by atoms with E-state index in [-0.39, 0.29) is 5.82 Å². The van der Waals surface area contributed by atoms with Crippen molar-refractivity contribution in [2.75, 3.05) is 13.1 Å². The second-order valence-electron chi connectivity index (χ2n) is 5.03. The molecule has 16 heavy (non-hydrogen) atoms. The van der Waals surface area contributed by atoms with E-state index in [0.717, 1.165) is 31.5 Å².